The average Bonchev–Trinajstić information content (AvgIpc) is 2.92. The molecule has 0 amide bonds. The largest absolute Gasteiger partial charge is 0.492 e. The van der Waals surface area contributed by atoms with Gasteiger partial charge in [-0.3, -0.25) is 4.72 Å². The van der Waals surface area contributed by atoms with Crippen molar-refractivity contribution in [3.05, 3.63) is 24.3 Å². The van der Waals surface area contributed by atoms with Crippen molar-refractivity contribution in [2.75, 3.05) is 17.9 Å². The summed E-state index contributed by atoms with van der Waals surface area (Å²) < 4.78 is 32.2. The van der Waals surface area contributed by atoms with Crippen molar-refractivity contribution in [1.82, 2.24) is 0 Å². The lowest BCUT2D eigenvalue weighted by atomic mass is 10.3. The van der Waals surface area contributed by atoms with E-state index >= 15 is 0 Å². The summed E-state index contributed by atoms with van der Waals surface area (Å²) in [5.41, 5.74) is 5.92. The van der Waals surface area contributed by atoms with Gasteiger partial charge >= 0.3 is 0 Å². The molecule has 1 fully saturated rings. The lowest BCUT2D eigenvalue weighted by Gasteiger charge is -2.13. The Morgan fingerprint density at radius 2 is 1.84 bits per heavy atom. The number of nitrogens with one attached hydrogen (secondary N) is 1. The van der Waals surface area contributed by atoms with Gasteiger partial charge in [0.05, 0.1) is 5.25 Å². The summed E-state index contributed by atoms with van der Waals surface area (Å²) in [4.78, 5) is 0. The van der Waals surface area contributed by atoms with Crippen LogP contribution in [0.2, 0.25) is 0 Å². The van der Waals surface area contributed by atoms with E-state index in [0.29, 0.717) is 24.6 Å². The van der Waals surface area contributed by atoms with Crippen molar-refractivity contribution in [3.8, 4) is 5.75 Å². The van der Waals surface area contributed by atoms with Gasteiger partial charge in [-0.25, -0.2) is 8.42 Å². The van der Waals surface area contributed by atoms with Crippen LogP contribution in [0, 0.1) is 0 Å². The highest BCUT2D eigenvalue weighted by molar-refractivity contribution is 7.93. The van der Waals surface area contributed by atoms with Gasteiger partial charge in [-0.1, -0.05) is 12.8 Å². The monoisotopic (exact) mass is 284 g/mol. The molecule has 0 bridgehead atoms. The normalized spacial score (nSPS) is 16.5. The molecular weight excluding hydrogens is 264 g/mol. The predicted octanol–water partition coefficient (Wildman–Crippen LogP) is 1.71. The van der Waals surface area contributed by atoms with Crippen LogP contribution < -0.4 is 15.2 Å². The third-order valence-electron chi connectivity index (χ3n) is 3.24. The van der Waals surface area contributed by atoms with Crippen LogP contribution in [0.4, 0.5) is 5.69 Å². The lowest BCUT2D eigenvalue weighted by molar-refractivity contribution is 0.328. The van der Waals surface area contributed by atoms with E-state index in [1.54, 1.807) is 24.3 Å². The van der Waals surface area contributed by atoms with E-state index in [-0.39, 0.29) is 5.25 Å². The van der Waals surface area contributed by atoms with Crippen LogP contribution in [-0.4, -0.2) is 26.8 Å². The molecular formula is C13H20N2O3S. The standard InChI is InChI=1S/C13H20N2O3S/c14-9-10-18-12-7-5-11(6-8-12)15-19(16,17)13-3-1-2-4-13/h5-8,13,15H,1-4,9-10,14H2. The third-order valence-corrected chi connectivity index (χ3v) is 5.11. The minimum atomic E-state index is -3.25. The Morgan fingerprint density at radius 1 is 1.21 bits per heavy atom. The van der Waals surface area contributed by atoms with Crippen molar-refractivity contribution in [2.45, 2.75) is 30.9 Å². The highest BCUT2D eigenvalue weighted by Gasteiger charge is 2.28. The fraction of sp³-hybridized carbons (Fsp3) is 0.538. The minimum absolute atomic E-state index is 0.249. The summed E-state index contributed by atoms with van der Waals surface area (Å²) in [5.74, 6) is 0.689. The summed E-state index contributed by atoms with van der Waals surface area (Å²) in [6, 6.07) is 6.89. The van der Waals surface area contributed by atoms with Gasteiger partial charge in [-0.2, -0.15) is 0 Å². The smallest absolute Gasteiger partial charge is 0.235 e. The predicted molar refractivity (Wildman–Crippen MR) is 75.8 cm³/mol. The zero-order chi connectivity index (χ0) is 13.7. The van der Waals surface area contributed by atoms with E-state index in [4.69, 9.17) is 10.5 Å². The van der Waals surface area contributed by atoms with Crippen LogP contribution >= 0.6 is 0 Å². The Kier molecular flexibility index (Phi) is 4.66. The Balaban J connectivity index is 1.98. The van der Waals surface area contributed by atoms with E-state index in [2.05, 4.69) is 4.72 Å². The second kappa shape index (κ2) is 6.25. The summed E-state index contributed by atoms with van der Waals surface area (Å²) in [5, 5.41) is -0.249. The minimum Gasteiger partial charge on any atom is -0.492 e. The van der Waals surface area contributed by atoms with Gasteiger partial charge in [0.15, 0.2) is 0 Å². The summed E-state index contributed by atoms with van der Waals surface area (Å²) in [6.45, 7) is 0.906. The molecule has 6 heteroatoms. The molecule has 1 aliphatic carbocycles. The topological polar surface area (TPSA) is 81.4 Å². The molecule has 0 heterocycles. The van der Waals surface area contributed by atoms with Gasteiger partial charge in [0.1, 0.15) is 12.4 Å². The molecule has 2 rings (SSSR count). The second-order valence-electron chi connectivity index (χ2n) is 4.72. The van der Waals surface area contributed by atoms with Crippen molar-refractivity contribution in [3.63, 3.8) is 0 Å². The SMILES string of the molecule is NCCOc1ccc(NS(=O)(=O)C2CCCC2)cc1. The van der Waals surface area contributed by atoms with Gasteiger partial charge in [-0.15, -0.1) is 0 Å². The highest BCUT2D eigenvalue weighted by Crippen LogP contribution is 2.26. The summed E-state index contributed by atoms with van der Waals surface area (Å²) >= 11 is 0. The Hall–Kier alpha value is -1.27. The number of hydrogen-bond acceptors (Lipinski definition) is 4. The van der Waals surface area contributed by atoms with Gasteiger partial charge in [-0.05, 0) is 37.1 Å². The fourth-order valence-electron chi connectivity index (χ4n) is 2.24. The third kappa shape index (κ3) is 3.84. The first-order valence-corrected chi connectivity index (χ1v) is 8.11. The molecule has 0 atom stereocenters. The van der Waals surface area contributed by atoms with E-state index < -0.39 is 10.0 Å². The Bertz CT molecular complexity index is 493. The number of sulfonamides is 1. The van der Waals surface area contributed by atoms with Gasteiger partial charge in [0.25, 0.3) is 0 Å². The van der Waals surface area contributed by atoms with Crippen LogP contribution in [0.1, 0.15) is 25.7 Å². The first-order chi connectivity index (χ1) is 9.12. The van der Waals surface area contributed by atoms with Crippen LogP contribution in [0.25, 0.3) is 0 Å². The number of ether oxygens (including phenoxy) is 1. The van der Waals surface area contributed by atoms with Gasteiger partial charge in [0.2, 0.25) is 10.0 Å². The molecule has 1 aliphatic rings. The van der Waals surface area contributed by atoms with Crippen molar-refractivity contribution >= 4 is 15.7 Å². The quantitative estimate of drug-likeness (QED) is 0.833. The second-order valence-corrected chi connectivity index (χ2v) is 6.68. The Labute approximate surface area is 114 Å². The maximum absolute atomic E-state index is 12.1. The van der Waals surface area contributed by atoms with Gasteiger partial charge < -0.3 is 10.5 Å². The zero-order valence-corrected chi connectivity index (χ0v) is 11.7. The Morgan fingerprint density at radius 3 is 2.42 bits per heavy atom. The molecule has 1 aromatic carbocycles. The molecule has 0 spiro atoms. The molecule has 19 heavy (non-hydrogen) atoms. The first kappa shape index (κ1) is 14.1. The van der Waals surface area contributed by atoms with E-state index in [1.807, 2.05) is 0 Å². The van der Waals surface area contributed by atoms with Gasteiger partial charge in [0, 0.05) is 12.2 Å². The fourth-order valence-corrected chi connectivity index (χ4v) is 3.83. The van der Waals surface area contributed by atoms with E-state index in [1.165, 1.54) is 0 Å². The number of anilines is 1. The van der Waals surface area contributed by atoms with Crippen molar-refractivity contribution in [1.29, 1.82) is 0 Å². The summed E-state index contributed by atoms with van der Waals surface area (Å²) in [7, 11) is -3.25. The molecule has 0 aliphatic heterocycles. The van der Waals surface area contributed by atoms with Crippen LogP contribution in [-0.2, 0) is 10.0 Å². The molecule has 1 aromatic rings. The van der Waals surface area contributed by atoms with Crippen LogP contribution in [0.15, 0.2) is 24.3 Å². The number of rotatable bonds is 6. The van der Waals surface area contributed by atoms with Crippen molar-refractivity contribution in [2.24, 2.45) is 5.73 Å². The maximum atomic E-state index is 12.1. The molecule has 5 nitrogen and oxygen atoms in total. The first-order valence-electron chi connectivity index (χ1n) is 6.56. The number of nitrogens with two attached hydrogens (primary N) is 1. The van der Waals surface area contributed by atoms with Crippen molar-refractivity contribution < 1.29 is 13.2 Å². The van der Waals surface area contributed by atoms with Crippen LogP contribution in [0.5, 0.6) is 5.75 Å². The molecule has 0 unspecified atom stereocenters. The van der Waals surface area contributed by atoms with Crippen LogP contribution in [0.3, 0.4) is 0 Å². The average molecular weight is 284 g/mol. The molecule has 1 saturated carbocycles. The molecule has 106 valence electrons. The number of benzene rings is 1. The number of hydrogen-bond donors (Lipinski definition) is 2. The summed E-state index contributed by atoms with van der Waals surface area (Å²) in [6.07, 6.45) is 3.51. The zero-order valence-electron chi connectivity index (χ0n) is 10.8. The highest BCUT2D eigenvalue weighted by atomic mass is 32.2. The lowest BCUT2D eigenvalue weighted by Crippen LogP contribution is -2.25. The van der Waals surface area contributed by atoms with E-state index in [0.717, 1.165) is 25.7 Å². The van der Waals surface area contributed by atoms with E-state index in [9.17, 15) is 8.42 Å². The molecule has 0 radical (unpaired) electrons. The maximum Gasteiger partial charge on any atom is 0.235 e. The molecule has 0 saturated heterocycles. The molecule has 3 N–H and O–H groups in total. The molecule has 0 aromatic heterocycles.